The molecule has 0 aliphatic rings. The Bertz CT molecular complexity index is 677. The number of rotatable bonds is 1. The summed E-state index contributed by atoms with van der Waals surface area (Å²) in [6.07, 6.45) is 0. The van der Waals surface area contributed by atoms with E-state index in [1.165, 1.54) is 33.3 Å². The maximum atomic E-state index is 3.49. The van der Waals surface area contributed by atoms with Crippen molar-refractivity contribution in [3.63, 3.8) is 0 Å². The van der Waals surface area contributed by atoms with Crippen molar-refractivity contribution in [2.24, 2.45) is 0 Å². The van der Waals surface area contributed by atoms with Gasteiger partial charge in [0.1, 0.15) is 0 Å². The second-order valence-corrected chi connectivity index (χ2v) is 4.53. The molecule has 0 radical (unpaired) electrons. The molecule has 2 aromatic carbocycles. The van der Waals surface area contributed by atoms with E-state index in [1.54, 1.807) is 0 Å². The standard InChI is InChI=1S/C16H15N/c1-11-6-3-4-8-13(11)16-10-14-12(2)7-5-9-15(14)17-16/h3-10,17H,1-2H3. The molecule has 0 aliphatic carbocycles. The van der Waals surface area contributed by atoms with Crippen LogP contribution in [0.5, 0.6) is 0 Å². The first kappa shape index (κ1) is 10.2. The zero-order valence-electron chi connectivity index (χ0n) is 10.1. The first-order valence-electron chi connectivity index (χ1n) is 5.90. The lowest BCUT2D eigenvalue weighted by Crippen LogP contribution is -1.81. The fraction of sp³-hybridized carbons (Fsp3) is 0.125. The lowest BCUT2D eigenvalue weighted by molar-refractivity contribution is 1.39. The molecule has 0 atom stereocenters. The molecule has 84 valence electrons. The van der Waals surface area contributed by atoms with Crippen LogP contribution in [0, 0.1) is 13.8 Å². The molecule has 0 aliphatic heterocycles. The predicted molar refractivity (Wildman–Crippen MR) is 73.2 cm³/mol. The summed E-state index contributed by atoms with van der Waals surface area (Å²) in [6, 6.07) is 17.1. The van der Waals surface area contributed by atoms with E-state index in [4.69, 9.17) is 0 Å². The fourth-order valence-electron chi connectivity index (χ4n) is 2.33. The number of aryl methyl sites for hydroxylation is 2. The molecular weight excluding hydrogens is 206 g/mol. The van der Waals surface area contributed by atoms with E-state index >= 15 is 0 Å². The van der Waals surface area contributed by atoms with Gasteiger partial charge in [-0.2, -0.15) is 0 Å². The van der Waals surface area contributed by atoms with Gasteiger partial charge in [0, 0.05) is 22.2 Å². The van der Waals surface area contributed by atoms with Crippen LogP contribution in [-0.2, 0) is 0 Å². The number of hydrogen-bond donors (Lipinski definition) is 1. The maximum Gasteiger partial charge on any atom is 0.0467 e. The zero-order chi connectivity index (χ0) is 11.8. The Kier molecular flexibility index (Phi) is 2.25. The van der Waals surface area contributed by atoms with Crippen LogP contribution in [0.3, 0.4) is 0 Å². The van der Waals surface area contributed by atoms with Gasteiger partial charge in [-0.05, 0) is 37.1 Å². The number of nitrogens with one attached hydrogen (secondary N) is 1. The lowest BCUT2D eigenvalue weighted by Gasteiger charge is -2.01. The first-order valence-corrected chi connectivity index (χ1v) is 5.90. The predicted octanol–water partition coefficient (Wildman–Crippen LogP) is 4.45. The number of hydrogen-bond acceptors (Lipinski definition) is 0. The molecule has 1 nitrogen and oxygen atoms in total. The van der Waals surface area contributed by atoms with E-state index in [-0.39, 0.29) is 0 Å². The van der Waals surface area contributed by atoms with Gasteiger partial charge in [-0.15, -0.1) is 0 Å². The molecule has 0 saturated carbocycles. The van der Waals surface area contributed by atoms with Crippen LogP contribution >= 0.6 is 0 Å². The van der Waals surface area contributed by atoms with Crippen molar-refractivity contribution < 1.29 is 0 Å². The van der Waals surface area contributed by atoms with E-state index in [0.29, 0.717) is 0 Å². The van der Waals surface area contributed by atoms with Gasteiger partial charge < -0.3 is 4.98 Å². The summed E-state index contributed by atoms with van der Waals surface area (Å²) >= 11 is 0. The van der Waals surface area contributed by atoms with Crippen LogP contribution in [0.1, 0.15) is 11.1 Å². The highest BCUT2D eigenvalue weighted by molar-refractivity contribution is 5.88. The summed E-state index contributed by atoms with van der Waals surface area (Å²) in [6.45, 7) is 4.30. The van der Waals surface area contributed by atoms with Crippen LogP contribution < -0.4 is 0 Å². The van der Waals surface area contributed by atoms with Crippen molar-refractivity contribution in [3.8, 4) is 11.3 Å². The quantitative estimate of drug-likeness (QED) is 0.624. The van der Waals surface area contributed by atoms with Crippen molar-refractivity contribution in [2.75, 3.05) is 0 Å². The average molecular weight is 221 g/mol. The molecular formula is C16H15N. The van der Waals surface area contributed by atoms with Crippen LogP contribution in [0.15, 0.2) is 48.5 Å². The maximum absolute atomic E-state index is 3.49. The zero-order valence-corrected chi connectivity index (χ0v) is 10.1. The Morgan fingerprint density at radius 1 is 0.824 bits per heavy atom. The van der Waals surface area contributed by atoms with Gasteiger partial charge in [0.25, 0.3) is 0 Å². The van der Waals surface area contributed by atoms with Gasteiger partial charge in [-0.3, -0.25) is 0 Å². The summed E-state index contributed by atoms with van der Waals surface area (Å²) < 4.78 is 0. The van der Waals surface area contributed by atoms with E-state index < -0.39 is 0 Å². The molecule has 0 amide bonds. The molecule has 3 rings (SSSR count). The van der Waals surface area contributed by atoms with Crippen LogP contribution in [0.2, 0.25) is 0 Å². The van der Waals surface area contributed by atoms with E-state index in [0.717, 1.165) is 0 Å². The summed E-state index contributed by atoms with van der Waals surface area (Å²) in [5, 5.41) is 1.31. The van der Waals surface area contributed by atoms with E-state index in [9.17, 15) is 0 Å². The van der Waals surface area contributed by atoms with Gasteiger partial charge in [0.05, 0.1) is 0 Å². The summed E-state index contributed by atoms with van der Waals surface area (Å²) in [7, 11) is 0. The van der Waals surface area contributed by atoms with Gasteiger partial charge in [-0.1, -0.05) is 36.4 Å². The highest BCUT2D eigenvalue weighted by Gasteiger charge is 2.06. The molecule has 0 saturated heterocycles. The van der Waals surface area contributed by atoms with Crippen molar-refractivity contribution >= 4 is 10.9 Å². The van der Waals surface area contributed by atoms with Crippen molar-refractivity contribution in [3.05, 3.63) is 59.7 Å². The number of aromatic nitrogens is 1. The number of aromatic amines is 1. The SMILES string of the molecule is Cc1ccccc1-c1cc2c(C)cccc2[nH]1. The normalized spacial score (nSPS) is 10.9. The van der Waals surface area contributed by atoms with Gasteiger partial charge >= 0.3 is 0 Å². The van der Waals surface area contributed by atoms with Crippen molar-refractivity contribution in [1.29, 1.82) is 0 Å². The highest BCUT2D eigenvalue weighted by Crippen LogP contribution is 2.27. The third-order valence-electron chi connectivity index (χ3n) is 3.32. The molecule has 1 aromatic heterocycles. The second-order valence-electron chi connectivity index (χ2n) is 4.53. The summed E-state index contributed by atoms with van der Waals surface area (Å²) in [5.74, 6) is 0. The molecule has 0 bridgehead atoms. The molecule has 0 spiro atoms. The molecule has 0 fully saturated rings. The second kappa shape index (κ2) is 3.77. The summed E-state index contributed by atoms with van der Waals surface area (Å²) in [4.78, 5) is 3.49. The lowest BCUT2D eigenvalue weighted by atomic mass is 10.1. The molecule has 17 heavy (non-hydrogen) atoms. The Morgan fingerprint density at radius 2 is 1.59 bits per heavy atom. The minimum atomic E-state index is 1.20. The average Bonchev–Trinajstić information content (AvgIpc) is 2.75. The Labute approximate surface area is 101 Å². The monoisotopic (exact) mass is 221 g/mol. The summed E-state index contributed by atoms with van der Waals surface area (Å²) in [5.41, 5.74) is 6.31. The van der Waals surface area contributed by atoms with Gasteiger partial charge in [-0.25, -0.2) is 0 Å². The first-order chi connectivity index (χ1) is 8.25. The minimum Gasteiger partial charge on any atom is -0.355 e. The number of benzene rings is 2. The van der Waals surface area contributed by atoms with Crippen LogP contribution in [0.25, 0.3) is 22.2 Å². The third kappa shape index (κ3) is 1.64. The van der Waals surface area contributed by atoms with Gasteiger partial charge in [0.15, 0.2) is 0 Å². The largest absolute Gasteiger partial charge is 0.355 e. The smallest absolute Gasteiger partial charge is 0.0467 e. The van der Waals surface area contributed by atoms with E-state index in [1.807, 2.05) is 0 Å². The minimum absolute atomic E-state index is 1.20. The molecule has 1 heterocycles. The Balaban J connectivity index is 2.26. The van der Waals surface area contributed by atoms with E-state index in [2.05, 4.69) is 67.4 Å². The highest BCUT2D eigenvalue weighted by atomic mass is 14.7. The third-order valence-corrected chi connectivity index (χ3v) is 3.32. The number of fused-ring (bicyclic) bond motifs is 1. The molecule has 3 aromatic rings. The van der Waals surface area contributed by atoms with Crippen molar-refractivity contribution in [2.45, 2.75) is 13.8 Å². The topological polar surface area (TPSA) is 15.8 Å². The molecule has 1 heteroatoms. The van der Waals surface area contributed by atoms with Crippen LogP contribution in [-0.4, -0.2) is 4.98 Å². The Hall–Kier alpha value is -2.02. The van der Waals surface area contributed by atoms with Gasteiger partial charge in [0.2, 0.25) is 0 Å². The molecule has 0 unspecified atom stereocenters. The van der Waals surface area contributed by atoms with Crippen LogP contribution in [0.4, 0.5) is 0 Å². The van der Waals surface area contributed by atoms with Crippen molar-refractivity contribution in [1.82, 2.24) is 4.98 Å². The number of H-pyrrole nitrogens is 1. The molecule has 1 N–H and O–H groups in total. The Morgan fingerprint density at radius 3 is 2.35 bits per heavy atom. The fourth-order valence-corrected chi connectivity index (χ4v) is 2.33.